The summed E-state index contributed by atoms with van der Waals surface area (Å²) in [6.07, 6.45) is 0.737. The molecule has 1 aliphatic heterocycles. The van der Waals surface area contributed by atoms with Gasteiger partial charge in [0.2, 0.25) is 15.9 Å². The zero-order chi connectivity index (χ0) is 20.0. The molecule has 8 nitrogen and oxygen atoms in total. The standard InChI is InChI=1S/C16H22F2N4O4S/c1-2-6-19-16(24)20-14(23)11-21-7-9-22(10-8-21)27(25,26)15-12(17)4-3-5-13(15)18/h3-5H,2,6-11H2,1H3,(H2,19,20,23,24). The van der Waals surface area contributed by atoms with Crippen LogP contribution in [-0.2, 0) is 14.8 Å². The summed E-state index contributed by atoms with van der Waals surface area (Å²) in [6, 6.07) is 2.29. The minimum absolute atomic E-state index is 0.0224. The Balaban J connectivity index is 1.91. The summed E-state index contributed by atoms with van der Waals surface area (Å²) >= 11 is 0. The number of urea groups is 1. The van der Waals surface area contributed by atoms with Crippen LogP contribution in [-0.4, -0.2) is 68.8 Å². The monoisotopic (exact) mass is 404 g/mol. The minimum Gasteiger partial charge on any atom is -0.338 e. The van der Waals surface area contributed by atoms with Crippen LogP contribution in [0.1, 0.15) is 13.3 Å². The third-order valence-electron chi connectivity index (χ3n) is 4.00. The number of halogens is 2. The van der Waals surface area contributed by atoms with Crippen LogP contribution in [0.2, 0.25) is 0 Å². The molecule has 3 amide bonds. The molecule has 1 aliphatic rings. The van der Waals surface area contributed by atoms with E-state index in [0.717, 1.165) is 28.9 Å². The van der Waals surface area contributed by atoms with Crippen molar-refractivity contribution in [3.63, 3.8) is 0 Å². The van der Waals surface area contributed by atoms with E-state index in [2.05, 4.69) is 10.6 Å². The van der Waals surface area contributed by atoms with Crippen LogP contribution in [0.4, 0.5) is 13.6 Å². The van der Waals surface area contributed by atoms with Crippen molar-refractivity contribution >= 4 is 22.0 Å². The van der Waals surface area contributed by atoms with Crippen molar-refractivity contribution in [2.45, 2.75) is 18.2 Å². The van der Waals surface area contributed by atoms with Gasteiger partial charge >= 0.3 is 6.03 Å². The second kappa shape index (κ2) is 9.20. The van der Waals surface area contributed by atoms with Crippen molar-refractivity contribution in [1.82, 2.24) is 19.8 Å². The van der Waals surface area contributed by atoms with Gasteiger partial charge < -0.3 is 5.32 Å². The van der Waals surface area contributed by atoms with E-state index in [0.29, 0.717) is 6.54 Å². The molecule has 0 bridgehead atoms. The fraction of sp³-hybridized carbons (Fsp3) is 0.500. The molecule has 11 heteroatoms. The Morgan fingerprint density at radius 3 is 2.26 bits per heavy atom. The van der Waals surface area contributed by atoms with Crippen LogP contribution in [0.5, 0.6) is 0 Å². The molecule has 1 aromatic rings. The van der Waals surface area contributed by atoms with Crippen LogP contribution < -0.4 is 10.6 Å². The summed E-state index contributed by atoms with van der Waals surface area (Å²) < 4.78 is 53.6. The van der Waals surface area contributed by atoms with E-state index in [-0.39, 0.29) is 32.7 Å². The van der Waals surface area contributed by atoms with Crippen LogP contribution in [0.15, 0.2) is 23.1 Å². The summed E-state index contributed by atoms with van der Waals surface area (Å²) in [5.41, 5.74) is 0. The molecule has 0 unspecified atom stereocenters. The zero-order valence-electron chi connectivity index (χ0n) is 14.9. The van der Waals surface area contributed by atoms with Crippen LogP contribution >= 0.6 is 0 Å². The van der Waals surface area contributed by atoms with Crippen molar-refractivity contribution in [3.8, 4) is 0 Å². The molecule has 0 saturated carbocycles. The third kappa shape index (κ3) is 5.44. The first kappa shape index (κ1) is 21.2. The van der Waals surface area contributed by atoms with Gasteiger partial charge in [-0.15, -0.1) is 0 Å². The maximum Gasteiger partial charge on any atom is 0.321 e. The maximum absolute atomic E-state index is 13.8. The molecule has 0 radical (unpaired) electrons. The van der Waals surface area contributed by atoms with Gasteiger partial charge in [0.1, 0.15) is 11.6 Å². The van der Waals surface area contributed by atoms with Crippen molar-refractivity contribution < 1.29 is 26.8 Å². The lowest BCUT2D eigenvalue weighted by atomic mass is 10.3. The number of carbonyl (C=O) groups excluding carboxylic acids is 2. The molecule has 2 rings (SSSR count). The first-order chi connectivity index (χ1) is 12.8. The van der Waals surface area contributed by atoms with Gasteiger partial charge in [-0.3, -0.25) is 15.0 Å². The molecule has 2 N–H and O–H groups in total. The number of imide groups is 1. The average molecular weight is 404 g/mol. The largest absolute Gasteiger partial charge is 0.338 e. The second-order valence-electron chi connectivity index (χ2n) is 6.04. The number of rotatable bonds is 6. The van der Waals surface area contributed by atoms with Gasteiger partial charge in [0.05, 0.1) is 6.54 Å². The lowest BCUT2D eigenvalue weighted by Gasteiger charge is -2.33. The highest BCUT2D eigenvalue weighted by atomic mass is 32.2. The Labute approximate surface area is 156 Å². The number of hydrogen-bond acceptors (Lipinski definition) is 5. The van der Waals surface area contributed by atoms with Crippen LogP contribution in [0.3, 0.4) is 0 Å². The zero-order valence-corrected chi connectivity index (χ0v) is 15.7. The number of piperazine rings is 1. The number of carbonyl (C=O) groups is 2. The highest BCUT2D eigenvalue weighted by molar-refractivity contribution is 7.89. The Morgan fingerprint density at radius 1 is 1.11 bits per heavy atom. The van der Waals surface area contributed by atoms with E-state index in [1.54, 1.807) is 4.90 Å². The molecule has 27 heavy (non-hydrogen) atoms. The highest BCUT2D eigenvalue weighted by Crippen LogP contribution is 2.23. The number of amides is 3. The Morgan fingerprint density at radius 2 is 1.70 bits per heavy atom. The molecule has 1 saturated heterocycles. The van der Waals surface area contributed by atoms with Crippen molar-refractivity contribution in [3.05, 3.63) is 29.8 Å². The molecule has 1 heterocycles. The predicted octanol–water partition coefficient (Wildman–Crippen LogP) is 0.507. The summed E-state index contributed by atoms with van der Waals surface area (Å²) in [5, 5.41) is 4.69. The first-order valence-corrected chi connectivity index (χ1v) is 9.94. The molecule has 0 spiro atoms. The van der Waals surface area contributed by atoms with Crippen molar-refractivity contribution in [1.29, 1.82) is 0 Å². The highest BCUT2D eigenvalue weighted by Gasteiger charge is 2.33. The normalized spacial score (nSPS) is 16.1. The Bertz CT molecular complexity index is 775. The Kier molecular flexibility index (Phi) is 7.22. The maximum atomic E-state index is 13.8. The molecule has 150 valence electrons. The number of benzene rings is 1. The number of hydrogen-bond donors (Lipinski definition) is 2. The van der Waals surface area contributed by atoms with Gasteiger partial charge in [-0.2, -0.15) is 4.31 Å². The molecule has 0 atom stereocenters. The van der Waals surface area contributed by atoms with E-state index < -0.39 is 38.5 Å². The van der Waals surface area contributed by atoms with E-state index in [9.17, 15) is 26.8 Å². The molecular weight excluding hydrogens is 382 g/mol. The SMILES string of the molecule is CCCNC(=O)NC(=O)CN1CCN(S(=O)(=O)c2c(F)cccc2F)CC1. The van der Waals surface area contributed by atoms with Gasteiger partial charge in [0.25, 0.3) is 0 Å². The average Bonchev–Trinajstić information content (AvgIpc) is 2.60. The van der Waals surface area contributed by atoms with E-state index in [1.165, 1.54) is 0 Å². The van der Waals surface area contributed by atoms with Gasteiger partial charge in [-0.25, -0.2) is 22.0 Å². The second-order valence-corrected chi connectivity index (χ2v) is 7.91. The van der Waals surface area contributed by atoms with Gasteiger partial charge in [0.15, 0.2) is 4.90 Å². The quantitative estimate of drug-likeness (QED) is 0.720. The molecular formula is C16H22F2N4O4S. The topological polar surface area (TPSA) is 98.8 Å². The predicted molar refractivity (Wildman–Crippen MR) is 93.4 cm³/mol. The van der Waals surface area contributed by atoms with E-state index in [4.69, 9.17) is 0 Å². The van der Waals surface area contributed by atoms with Crippen LogP contribution in [0, 0.1) is 11.6 Å². The molecule has 0 aliphatic carbocycles. The smallest absolute Gasteiger partial charge is 0.321 e. The van der Waals surface area contributed by atoms with Crippen molar-refractivity contribution in [2.75, 3.05) is 39.3 Å². The lowest BCUT2D eigenvalue weighted by Crippen LogP contribution is -2.52. The lowest BCUT2D eigenvalue weighted by molar-refractivity contribution is -0.121. The van der Waals surface area contributed by atoms with Gasteiger partial charge in [-0.05, 0) is 18.6 Å². The number of sulfonamides is 1. The summed E-state index contributed by atoms with van der Waals surface area (Å²) in [7, 11) is -4.31. The van der Waals surface area contributed by atoms with Gasteiger partial charge in [0, 0.05) is 32.7 Å². The molecule has 0 aromatic heterocycles. The van der Waals surface area contributed by atoms with Gasteiger partial charge in [-0.1, -0.05) is 13.0 Å². The third-order valence-corrected chi connectivity index (χ3v) is 5.95. The molecule has 1 fully saturated rings. The molecule has 1 aromatic carbocycles. The first-order valence-electron chi connectivity index (χ1n) is 8.50. The fourth-order valence-electron chi connectivity index (χ4n) is 2.64. The fourth-order valence-corrected chi connectivity index (χ4v) is 4.17. The summed E-state index contributed by atoms with van der Waals surface area (Å²) in [4.78, 5) is 24.0. The van der Waals surface area contributed by atoms with Crippen LogP contribution in [0.25, 0.3) is 0 Å². The number of nitrogens with zero attached hydrogens (tertiary/aromatic N) is 2. The van der Waals surface area contributed by atoms with E-state index in [1.807, 2.05) is 6.92 Å². The Hall–Kier alpha value is -2.11. The summed E-state index contributed by atoms with van der Waals surface area (Å²) in [5.74, 6) is -2.80. The van der Waals surface area contributed by atoms with E-state index >= 15 is 0 Å². The summed E-state index contributed by atoms with van der Waals surface area (Å²) in [6.45, 7) is 2.59. The van der Waals surface area contributed by atoms with Crippen molar-refractivity contribution in [2.24, 2.45) is 0 Å². The number of nitrogens with one attached hydrogen (secondary N) is 2. The minimum atomic E-state index is -4.31.